The van der Waals surface area contributed by atoms with Gasteiger partial charge in [-0.3, -0.25) is 9.59 Å². The lowest BCUT2D eigenvalue weighted by Gasteiger charge is -2.22. The molecule has 0 bridgehead atoms. The van der Waals surface area contributed by atoms with Crippen LogP contribution in [0.25, 0.3) is 0 Å². The first-order chi connectivity index (χ1) is 10.3. The second kappa shape index (κ2) is 11.6. The Labute approximate surface area is 139 Å². The van der Waals surface area contributed by atoms with Gasteiger partial charge >= 0.3 is 0 Å². The van der Waals surface area contributed by atoms with Crippen LogP contribution in [0.5, 0.6) is 0 Å². The van der Waals surface area contributed by atoms with Crippen LogP contribution < -0.4 is 21.5 Å². The van der Waals surface area contributed by atoms with Gasteiger partial charge < -0.3 is 26.3 Å². The molecule has 128 valence electrons. The Morgan fingerprint density at radius 1 is 1.05 bits per heavy atom. The average molecular weight is 351 g/mol. The standard InChI is InChI=1S/C13H25N3O4S2/c1-8(13(19)20)15-12(18)10(5-7-22-3)16-11(17)9(14)4-6-21-2/h8-10H,4-7,14H2,1-3H3,(H,15,18)(H,16,17)(H,19,20)/t8-,9-,10-/m0/s1. The fraction of sp³-hybridized carbons (Fsp3) is 0.769. The summed E-state index contributed by atoms with van der Waals surface area (Å²) in [5.74, 6) is -0.693. The molecule has 5 N–H and O–H groups in total. The van der Waals surface area contributed by atoms with E-state index in [1.54, 1.807) is 23.5 Å². The second-order valence-corrected chi connectivity index (χ2v) is 6.84. The number of thioether (sulfide) groups is 2. The van der Waals surface area contributed by atoms with E-state index in [4.69, 9.17) is 0 Å². The van der Waals surface area contributed by atoms with Gasteiger partial charge in [-0.05, 0) is 37.4 Å². The second-order valence-electron chi connectivity index (χ2n) is 4.87. The number of quaternary nitrogens is 1. The number of aliphatic carboxylic acids is 1. The third-order valence-electron chi connectivity index (χ3n) is 3.00. The fourth-order valence-electron chi connectivity index (χ4n) is 1.56. The monoisotopic (exact) mass is 351 g/mol. The maximum Gasteiger partial charge on any atom is 0.278 e. The molecule has 0 saturated heterocycles. The molecule has 0 unspecified atom stereocenters. The normalized spacial score (nSPS) is 14.7. The van der Waals surface area contributed by atoms with E-state index in [0.29, 0.717) is 18.6 Å². The summed E-state index contributed by atoms with van der Waals surface area (Å²) in [6.07, 6.45) is 4.89. The summed E-state index contributed by atoms with van der Waals surface area (Å²) in [7, 11) is 0. The number of amides is 2. The molecule has 7 nitrogen and oxygen atoms in total. The first-order valence-electron chi connectivity index (χ1n) is 6.96. The van der Waals surface area contributed by atoms with Crippen LogP contribution in [-0.2, 0) is 14.4 Å². The van der Waals surface area contributed by atoms with Crippen molar-refractivity contribution in [3.8, 4) is 0 Å². The van der Waals surface area contributed by atoms with Gasteiger partial charge in [0.05, 0.1) is 12.0 Å². The maximum atomic E-state index is 12.1. The molecule has 3 atom stereocenters. The quantitative estimate of drug-likeness (QED) is 0.389. The summed E-state index contributed by atoms with van der Waals surface area (Å²) >= 11 is 3.17. The van der Waals surface area contributed by atoms with Gasteiger partial charge in [-0.15, -0.1) is 0 Å². The molecule has 0 heterocycles. The fourth-order valence-corrected chi connectivity index (χ4v) is 2.55. The minimum absolute atomic E-state index is 0.295. The van der Waals surface area contributed by atoms with Gasteiger partial charge in [-0.25, -0.2) is 0 Å². The summed E-state index contributed by atoms with van der Waals surface area (Å²) in [6, 6.07) is -2.30. The third-order valence-corrected chi connectivity index (χ3v) is 4.29. The van der Waals surface area contributed by atoms with Crippen LogP contribution in [0.3, 0.4) is 0 Å². The van der Waals surface area contributed by atoms with Crippen LogP contribution in [0.1, 0.15) is 19.8 Å². The molecule has 0 aliphatic rings. The molecule has 0 aliphatic carbocycles. The van der Waals surface area contributed by atoms with Crippen molar-refractivity contribution in [1.29, 1.82) is 0 Å². The SMILES string of the molecule is CSCC[C@H](NC(=O)[C@@H]([NH3+])CCSC)C(=O)N[C@@H](C)C(=O)[O-]. The average Bonchev–Trinajstić information content (AvgIpc) is 2.48. The first kappa shape index (κ1) is 21.1. The zero-order chi connectivity index (χ0) is 17.1. The third kappa shape index (κ3) is 8.50. The smallest absolute Gasteiger partial charge is 0.278 e. The number of hydrogen-bond acceptors (Lipinski definition) is 6. The molecule has 0 radical (unpaired) electrons. The van der Waals surface area contributed by atoms with Gasteiger partial charge in [0.1, 0.15) is 6.04 Å². The summed E-state index contributed by atoms with van der Waals surface area (Å²) in [5.41, 5.74) is 3.79. The van der Waals surface area contributed by atoms with Gasteiger partial charge in [-0.2, -0.15) is 23.5 Å². The summed E-state index contributed by atoms with van der Waals surface area (Å²) in [6.45, 7) is 1.32. The number of nitrogens with one attached hydrogen (secondary N) is 2. The number of carboxylic acid groups (broad SMARTS) is 1. The van der Waals surface area contributed by atoms with E-state index in [9.17, 15) is 19.5 Å². The van der Waals surface area contributed by atoms with Crippen LogP contribution in [0.15, 0.2) is 0 Å². The zero-order valence-electron chi connectivity index (χ0n) is 13.2. The summed E-state index contributed by atoms with van der Waals surface area (Å²) < 4.78 is 0. The molecule has 0 aromatic carbocycles. The topological polar surface area (TPSA) is 126 Å². The van der Waals surface area contributed by atoms with Gasteiger partial charge in [0.25, 0.3) is 5.91 Å². The molecule has 0 saturated carbocycles. The number of carbonyl (C=O) groups is 3. The van der Waals surface area contributed by atoms with Gasteiger partial charge in [0, 0.05) is 6.42 Å². The van der Waals surface area contributed by atoms with E-state index in [1.807, 2.05) is 12.5 Å². The van der Waals surface area contributed by atoms with Crippen molar-refractivity contribution in [2.75, 3.05) is 24.0 Å². The van der Waals surface area contributed by atoms with Crippen molar-refractivity contribution >= 4 is 41.3 Å². The van der Waals surface area contributed by atoms with E-state index in [-0.39, 0.29) is 5.91 Å². The maximum absolute atomic E-state index is 12.1. The van der Waals surface area contributed by atoms with Crippen LogP contribution in [0, 0.1) is 0 Å². The minimum Gasteiger partial charge on any atom is -0.548 e. The van der Waals surface area contributed by atoms with Gasteiger partial charge in [0.2, 0.25) is 5.91 Å². The molecule has 0 spiro atoms. The molecule has 0 aromatic rings. The zero-order valence-corrected chi connectivity index (χ0v) is 14.9. The Balaban J connectivity index is 4.64. The van der Waals surface area contributed by atoms with Crippen molar-refractivity contribution in [3.05, 3.63) is 0 Å². The van der Waals surface area contributed by atoms with Crippen LogP contribution >= 0.6 is 23.5 Å². The van der Waals surface area contributed by atoms with Crippen LogP contribution in [0.2, 0.25) is 0 Å². The minimum atomic E-state index is -1.36. The van der Waals surface area contributed by atoms with Crippen molar-refractivity contribution in [3.63, 3.8) is 0 Å². The molecule has 0 aliphatic heterocycles. The highest BCUT2D eigenvalue weighted by Crippen LogP contribution is 2.03. The summed E-state index contributed by atoms with van der Waals surface area (Å²) in [5, 5.41) is 15.7. The molecular weight excluding hydrogens is 326 g/mol. The Morgan fingerprint density at radius 3 is 2.09 bits per heavy atom. The van der Waals surface area contributed by atoms with Crippen molar-refractivity contribution in [2.45, 2.75) is 37.9 Å². The van der Waals surface area contributed by atoms with Crippen molar-refractivity contribution in [1.82, 2.24) is 10.6 Å². The summed E-state index contributed by atoms with van der Waals surface area (Å²) in [4.78, 5) is 34.8. The van der Waals surface area contributed by atoms with Gasteiger partial charge in [0.15, 0.2) is 6.04 Å². The number of carboxylic acids is 1. The number of rotatable bonds is 11. The molecule has 9 heteroatoms. The Bertz CT molecular complexity index is 382. The highest BCUT2D eigenvalue weighted by Gasteiger charge is 2.25. The Kier molecular flexibility index (Phi) is 11.1. The molecule has 2 amide bonds. The van der Waals surface area contributed by atoms with Crippen molar-refractivity contribution in [2.24, 2.45) is 0 Å². The van der Waals surface area contributed by atoms with Crippen molar-refractivity contribution < 1.29 is 25.2 Å². The highest BCUT2D eigenvalue weighted by atomic mass is 32.2. The van der Waals surface area contributed by atoms with E-state index < -0.39 is 30.0 Å². The Hall–Kier alpha value is -0.930. The van der Waals surface area contributed by atoms with Crippen LogP contribution in [0.4, 0.5) is 0 Å². The molecule has 22 heavy (non-hydrogen) atoms. The Morgan fingerprint density at radius 2 is 1.59 bits per heavy atom. The largest absolute Gasteiger partial charge is 0.548 e. The first-order valence-corrected chi connectivity index (χ1v) is 9.74. The van der Waals surface area contributed by atoms with Crippen LogP contribution in [-0.4, -0.2) is 59.9 Å². The molecule has 0 aromatic heterocycles. The number of carbonyl (C=O) groups excluding carboxylic acids is 3. The van der Waals surface area contributed by atoms with E-state index in [1.165, 1.54) is 6.92 Å². The molecule has 0 rings (SSSR count). The molecule has 0 fully saturated rings. The number of hydrogen-bond donors (Lipinski definition) is 3. The lowest BCUT2D eigenvalue weighted by atomic mass is 10.1. The van der Waals surface area contributed by atoms with E-state index in [0.717, 1.165) is 5.75 Å². The van der Waals surface area contributed by atoms with Gasteiger partial charge in [-0.1, -0.05) is 0 Å². The van der Waals surface area contributed by atoms with E-state index >= 15 is 0 Å². The molecular formula is C13H25N3O4S2. The highest BCUT2D eigenvalue weighted by molar-refractivity contribution is 7.98. The lowest BCUT2D eigenvalue weighted by molar-refractivity contribution is -0.404. The lowest BCUT2D eigenvalue weighted by Crippen LogP contribution is -2.69. The predicted molar refractivity (Wildman–Crippen MR) is 87.2 cm³/mol. The predicted octanol–water partition coefficient (Wildman–Crippen LogP) is -2.16. The van der Waals surface area contributed by atoms with E-state index in [2.05, 4.69) is 16.4 Å².